The van der Waals surface area contributed by atoms with Gasteiger partial charge in [-0.15, -0.1) is 0 Å². The highest BCUT2D eigenvalue weighted by Crippen LogP contribution is 2.31. The van der Waals surface area contributed by atoms with Crippen molar-refractivity contribution in [1.29, 1.82) is 0 Å². The maximum Gasteiger partial charge on any atom is 0.433 e. The molecule has 0 atom stereocenters. The smallest absolute Gasteiger partial charge is 0.433 e. The molecule has 1 heterocycles. The van der Waals surface area contributed by atoms with Crippen LogP contribution in [-0.4, -0.2) is 30.4 Å². The number of hydrazone groups is 1. The Kier molecular flexibility index (Phi) is 5.96. The zero-order valence-electron chi connectivity index (χ0n) is 15.6. The van der Waals surface area contributed by atoms with Gasteiger partial charge in [0.05, 0.1) is 20.4 Å². The van der Waals surface area contributed by atoms with Crippen molar-refractivity contribution >= 4 is 12.0 Å². The molecule has 0 aliphatic heterocycles. The highest BCUT2D eigenvalue weighted by Gasteiger charge is 2.33. The Balaban J connectivity index is 1.88. The molecule has 0 radical (unpaired) electrons. The number of aromatic nitrogens is 2. The van der Waals surface area contributed by atoms with Crippen LogP contribution in [0.3, 0.4) is 0 Å². The molecule has 0 fully saturated rings. The van der Waals surface area contributed by atoms with Crippen LogP contribution in [0.5, 0.6) is 11.5 Å². The van der Waals surface area contributed by atoms with Gasteiger partial charge in [0.15, 0.2) is 28.8 Å². The fourth-order valence-corrected chi connectivity index (χ4v) is 2.47. The number of nitrogens with one attached hydrogen (secondary N) is 1. The van der Waals surface area contributed by atoms with Gasteiger partial charge in [-0.3, -0.25) is 5.43 Å². The summed E-state index contributed by atoms with van der Waals surface area (Å²) < 4.78 is 50.0. The summed E-state index contributed by atoms with van der Waals surface area (Å²) in [5.41, 5.74) is 2.59. The lowest BCUT2D eigenvalue weighted by Crippen LogP contribution is -2.11. The van der Waals surface area contributed by atoms with E-state index < -0.39 is 11.9 Å². The standard InChI is InChI=1S/C20H17F3N4O2/c1-28-15-9-8-13(10-16(15)29-2)12-24-27-18-11-17(20(21,22)23)25-19(26-18)14-6-4-3-5-7-14/h3-12H,1-2H3,(H,25,26,27)/b24-12+. The summed E-state index contributed by atoms with van der Waals surface area (Å²) in [5, 5.41) is 3.97. The van der Waals surface area contributed by atoms with E-state index in [9.17, 15) is 13.2 Å². The highest BCUT2D eigenvalue weighted by atomic mass is 19.4. The van der Waals surface area contributed by atoms with Gasteiger partial charge in [0.25, 0.3) is 0 Å². The summed E-state index contributed by atoms with van der Waals surface area (Å²) >= 11 is 0. The molecular formula is C20H17F3N4O2. The molecule has 9 heteroatoms. The van der Waals surface area contributed by atoms with Crippen molar-refractivity contribution in [2.24, 2.45) is 5.10 Å². The second kappa shape index (κ2) is 8.59. The van der Waals surface area contributed by atoms with Gasteiger partial charge in [-0.05, 0) is 23.8 Å². The van der Waals surface area contributed by atoms with Crippen LogP contribution in [0, 0.1) is 0 Å². The number of nitrogens with zero attached hydrogens (tertiary/aromatic N) is 3. The fraction of sp³-hybridized carbons (Fsp3) is 0.150. The summed E-state index contributed by atoms with van der Waals surface area (Å²) in [6, 6.07) is 14.3. The van der Waals surface area contributed by atoms with Crippen molar-refractivity contribution in [2.45, 2.75) is 6.18 Å². The zero-order valence-corrected chi connectivity index (χ0v) is 15.6. The van der Waals surface area contributed by atoms with Gasteiger partial charge in [0.1, 0.15) is 0 Å². The van der Waals surface area contributed by atoms with Gasteiger partial charge < -0.3 is 9.47 Å². The minimum atomic E-state index is -4.62. The Bertz CT molecular complexity index is 1010. The van der Waals surface area contributed by atoms with Crippen LogP contribution in [0.25, 0.3) is 11.4 Å². The van der Waals surface area contributed by atoms with Crippen LogP contribution >= 0.6 is 0 Å². The molecule has 0 unspecified atom stereocenters. The first kappa shape index (κ1) is 20.1. The number of methoxy groups -OCH3 is 2. The molecule has 6 nitrogen and oxygen atoms in total. The monoisotopic (exact) mass is 402 g/mol. The van der Waals surface area contributed by atoms with Crippen LogP contribution in [0.15, 0.2) is 59.7 Å². The molecule has 150 valence electrons. The number of rotatable bonds is 6. The van der Waals surface area contributed by atoms with E-state index in [-0.39, 0.29) is 11.6 Å². The van der Waals surface area contributed by atoms with E-state index in [1.807, 2.05) is 0 Å². The Morgan fingerprint density at radius 3 is 2.31 bits per heavy atom. The molecule has 0 saturated heterocycles. The van der Waals surface area contributed by atoms with E-state index in [4.69, 9.17) is 9.47 Å². The minimum Gasteiger partial charge on any atom is -0.493 e. The zero-order chi connectivity index (χ0) is 20.9. The Hall–Kier alpha value is -3.62. The van der Waals surface area contributed by atoms with Gasteiger partial charge in [-0.25, -0.2) is 9.97 Å². The molecule has 0 aliphatic rings. The summed E-state index contributed by atoms with van der Waals surface area (Å²) in [5.74, 6) is 0.923. The number of alkyl halides is 3. The maximum absolute atomic E-state index is 13.2. The number of ether oxygens (including phenoxy) is 2. The Labute approximate surface area is 165 Å². The number of anilines is 1. The van der Waals surface area contributed by atoms with Crippen molar-refractivity contribution < 1.29 is 22.6 Å². The third-order valence-electron chi connectivity index (χ3n) is 3.85. The SMILES string of the molecule is COc1ccc(/C=N/Nc2cc(C(F)(F)F)nc(-c3ccccc3)n2)cc1OC. The molecular weight excluding hydrogens is 385 g/mol. The molecule has 29 heavy (non-hydrogen) atoms. The summed E-state index contributed by atoms with van der Waals surface area (Å²) in [7, 11) is 3.02. The predicted octanol–water partition coefficient (Wildman–Crippen LogP) is 4.63. The van der Waals surface area contributed by atoms with Crippen LogP contribution in [0.2, 0.25) is 0 Å². The molecule has 1 aromatic heterocycles. The third-order valence-corrected chi connectivity index (χ3v) is 3.85. The number of benzene rings is 2. The molecule has 0 bridgehead atoms. The molecule has 3 rings (SSSR count). The van der Waals surface area contributed by atoms with Crippen LogP contribution in [0.1, 0.15) is 11.3 Å². The Morgan fingerprint density at radius 1 is 0.931 bits per heavy atom. The maximum atomic E-state index is 13.2. The normalized spacial score (nSPS) is 11.5. The molecule has 0 aliphatic carbocycles. The number of hydrogen-bond acceptors (Lipinski definition) is 6. The van der Waals surface area contributed by atoms with Crippen molar-refractivity contribution in [3.8, 4) is 22.9 Å². The van der Waals surface area contributed by atoms with Crippen LogP contribution in [-0.2, 0) is 6.18 Å². The largest absolute Gasteiger partial charge is 0.493 e. The lowest BCUT2D eigenvalue weighted by Gasteiger charge is -2.10. The first-order valence-corrected chi connectivity index (χ1v) is 8.43. The van der Waals surface area contributed by atoms with E-state index >= 15 is 0 Å². The average Bonchev–Trinajstić information content (AvgIpc) is 2.73. The van der Waals surface area contributed by atoms with Gasteiger partial charge in [-0.1, -0.05) is 30.3 Å². The fourth-order valence-electron chi connectivity index (χ4n) is 2.47. The Morgan fingerprint density at radius 2 is 1.66 bits per heavy atom. The van der Waals surface area contributed by atoms with E-state index in [2.05, 4.69) is 20.5 Å². The van der Waals surface area contributed by atoms with Gasteiger partial charge in [0.2, 0.25) is 0 Å². The quantitative estimate of drug-likeness (QED) is 0.481. The summed E-state index contributed by atoms with van der Waals surface area (Å²) in [4.78, 5) is 7.75. The van der Waals surface area contributed by atoms with Crippen molar-refractivity contribution in [1.82, 2.24) is 9.97 Å². The lowest BCUT2D eigenvalue weighted by molar-refractivity contribution is -0.141. The summed E-state index contributed by atoms with van der Waals surface area (Å²) in [6.07, 6.45) is -3.19. The predicted molar refractivity (Wildman–Crippen MR) is 103 cm³/mol. The van der Waals surface area contributed by atoms with E-state index in [1.54, 1.807) is 48.5 Å². The van der Waals surface area contributed by atoms with Gasteiger partial charge in [-0.2, -0.15) is 18.3 Å². The van der Waals surface area contributed by atoms with Crippen molar-refractivity contribution in [3.63, 3.8) is 0 Å². The van der Waals surface area contributed by atoms with Gasteiger partial charge in [0, 0.05) is 11.6 Å². The molecule has 0 saturated carbocycles. The van der Waals surface area contributed by atoms with Crippen molar-refractivity contribution in [2.75, 3.05) is 19.6 Å². The molecule has 0 amide bonds. The van der Waals surface area contributed by atoms with E-state index in [1.165, 1.54) is 20.4 Å². The minimum absolute atomic E-state index is 0.0516. The van der Waals surface area contributed by atoms with Crippen molar-refractivity contribution in [3.05, 3.63) is 65.9 Å². The highest BCUT2D eigenvalue weighted by molar-refractivity contribution is 5.81. The second-order valence-corrected chi connectivity index (χ2v) is 5.81. The number of hydrogen-bond donors (Lipinski definition) is 1. The average molecular weight is 402 g/mol. The van der Waals surface area contributed by atoms with E-state index in [0.717, 1.165) is 6.07 Å². The van der Waals surface area contributed by atoms with Gasteiger partial charge >= 0.3 is 6.18 Å². The lowest BCUT2D eigenvalue weighted by atomic mass is 10.2. The molecule has 2 aromatic carbocycles. The third kappa shape index (κ3) is 5.01. The van der Waals surface area contributed by atoms with E-state index in [0.29, 0.717) is 22.6 Å². The topological polar surface area (TPSA) is 68.6 Å². The first-order valence-electron chi connectivity index (χ1n) is 8.43. The molecule has 1 N–H and O–H groups in total. The van der Waals surface area contributed by atoms with Crippen LogP contribution in [0.4, 0.5) is 19.0 Å². The number of halogens is 3. The summed E-state index contributed by atoms with van der Waals surface area (Å²) in [6.45, 7) is 0. The molecule has 3 aromatic rings. The van der Waals surface area contributed by atoms with Crippen LogP contribution < -0.4 is 14.9 Å². The molecule has 0 spiro atoms. The second-order valence-electron chi connectivity index (χ2n) is 5.81. The first-order chi connectivity index (χ1) is 13.9.